The molecule has 0 saturated carbocycles. The third kappa shape index (κ3) is 3.57. The molecule has 0 spiro atoms. The lowest BCUT2D eigenvalue weighted by atomic mass is 9.93. The summed E-state index contributed by atoms with van der Waals surface area (Å²) in [6.07, 6.45) is -0.136. The lowest BCUT2D eigenvalue weighted by Gasteiger charge is -2.24. The van der Waals surface area contributed by atoms with E-state index in [0.29, 0.717) is 17.9 Å². The second kappa shape index (κ2) is 6.83. The maximum atomic E-state index is 13.1. The Labute approximate surface area is 153 Å². The van der Waals surface area contributed by atoms with E-state index in [0.717, 1.165) is 16.0 Å². The quantitative estimate of drug-likeness (QED) is 0.825. The topological polar surface area (TPSA) is 55.8 Å². The van der Waals surface area contributed by atoms with E-state index in [9.17, 15) is 9.59 Å². The van der Waals surface area contributed by atoms with Gasteiger partial charge in [-0.15, -0.1) is 0 Å². The summed E-state index contributed by atoms with van der Waals surface area (Å²) in [6.45, 7) is 5.34. The number of fused-ring (bicyclic) bond motifs is 1. The molecule has 0 fully saturated rings. The van der Waals surface area contributed by atoms with Crippen LogP contribution in [-0.2, 0) is 16.0 Å². The molecule has 26 heavy (non-hydrogen) atoms. The third-order valence-electron chi connectivity index (χ3n) is 4.23. The van der Waals surface area contributed by atoms with E-state index in [1.807, 2.05) is 36.4 Å². The van der Waals surface area contributed by atoms with Gasteiger partial charge in [-0.25, -0.2) is 9.69 Å². The van der Waals surface area contributed by atoms with E-state index in [1.165, 1.54) is 0 Å². The molecule has 1 aliphatic rings. The van der Waals surface area contributed by atoms with Crippen molar-refractivity contribution in [2.45, 2.75) is 38.7 Å². The van der Waals surface area contributed by atoms with Crippen LogP contribution in [0.3, 0.4) is 0 Å². The Hall–Kier alpha value is -2.82. The molecule has 1 aliphatic heterocycles. The predicted molar refractivity (Wildman–Crippen MR) is 99.6 cm³/mol. The van der Waals surface area contributed by atoms with Gasteiger partial charge in [0.05, 0.1) is 18.7 Å². The van der Waals surface area contributed by atoms with Crippen molar-refractivity contribution < 1.29 is 19.1 Å². The molecule has 0 N–H and O–H groups in total. The van der Waals surface area contributed by atoms with Gasteiger partial charge >= 0.3 is 6.09 Å². The smallest absolute Gasteiger partial charge is 0.421 e. The first-order chi connectivity index (χ1) is 12.3. The van der Waals surface area contributed by atoms with Crippen LogP contribution < -0.4 is 9.64 Å². The Morgan fingerprint density at radius 1 is 1.12 bits per heavy atom. The average molecular weight is 353 g/mol. The highest BCUT2D eigenvalue weighted by Crippen LogP contribution is 2.41. The number of rotatable bonds is 3. The number of carbonyl (C=O) groups excluding carboxylic acids is 2. The van der Waals surface area contributed by atoms with E-state index >= 15 is 0 Å². The van der Waals surface area contributed by atoms with Crippen LogP contribution in [0.5, 0.6) is 5.75 Å². The monoisotopic (exact) mass is 353 g/mol. The Morgan fingerprint density at radius 3 is 2.42 bits per heavy atom. The molecule has 3 rings (SSSR count). The molecule has 0 radical (unpaired) electrons. The highest BCUT2D eigenvalue weighted by molar-refractivity contribution is 6.19. The number of hydrogen-bond acceptors (Lipinski definition) is 4. The number of anilines is 1. The van der Waals surface area contributed by atoms with Crippen LogP contribution in [0.1, 0.15) is 37.8 Å². The summed E-state index contributed by atoms with van der Waals surface area (Å²) in [5, 5.41) is 0. The number of nitrogens with zero attached hydrogens (tertiary/aromatic N) is 1. The number of amides is 2. The van der Waals surface area contributed by atoms with E-state index in [-0.39, 0.29) is 5.91 Å². The molecular weight excluding hydrogens is 330 g/mol. The maximum Gasteiger partial charge on any atom is 0.421 e. The molecule has 1 unspecified atom stereocenters. The van der Waals surface area contributed by atoms with Gasteiger partial charge in [0.2, 0.25) is 5.91 Å². The van der Waals surface area contributed by atoms with Crippen molar-refractivity contribution in [1.82, 2.24) is 0 Å². The van der Waals surface area contributed by atoms with Gasteiger partial charge in [-0.2, -0.15) is 0 Å². The van der Waals surface area contributed by atoms with Crippen molar-refractivity contribution in [3.05, 3.63) is 59.7 Å². The van der Waals surface area contributed by atoms with Crippen LogP contribution in [0.2, 0.25) is 0 Å². The molecule has 1 atom stereocenters. The zero-order valence-corrected chi connectivity index (χ0v) is 15.5. The molecule has 2 aromatic carbocycles. The minimum Gasteiger partial charge on any atom is -0.497 e. The van der Waals surface area contributed by atoms with Crippen LogP contribution in [0.25, 0.3) is 0 Å². The Kier molecular flexibility index (Phi) is 4.72. The fourth-order valence-corrected chi connectivity index (χ4v) is 3.09. The Balaban J connectivity index is 1.99. The second-order valence-electron chi connectivity index (χ2n) is 7.32. The number of imide groups is 1. The summed E-state index contributed by atoms with van der Waals surface area (Å²) in [6, 6.07) is 15.1. The number of benzene rings is 2. The van der Waals surface area contributed by atoms with Crippen molar-refractivity contribution >= 4 is 17.7 Å². The fourth-order valence-electron chi connectivity index (χ4n) is 3.09. The van der Waals surface area contributed by atoms with Gasteiger partial charge in [0.25, 0.3) is 0 Å². The van der Waals surface area contributed by atoms with Crippen LogP contribution in [0, 0.1) is 0 Å². The lowest BCUT2D eigenvalue weighted by molar-refractivity contribution is -0.119. The molecule has 5 nitrogen and oxygen atoms in total. The van der Waals surface area contributed by atoms with Crippen molar-refractivity contribution in [2.24, 2.45) is 0 Å². The first-order valence-corrected chi connectivity index (χ1v) is 8.59. The molecule has 136 valence electrons. The second-order valence-corrected chi connectivity index (χ2v) is 7.32. The first-order valence-electron chi connectivity index (χ1n) is 8.59. The summed E-state index contributed by atoms with van der Waals surface area (Å²) in [5.41, 5.74) is 1.70. The van der Waals surface area contributed by atoms with Crippen molar-refractivity contribution in [3.63, 3.8) is 0 Å². The molecule has 5 heteroatoms. The van der Waals surface area contributed by atoms with Gasteiger partial charge in [0.15, 0.2) is 0 Å². The van der Waals surface area contributed by atoms with E-state index in [4.69, 9.17) is 9.47 Å². The summed E-state index contributed by atoms with van der Waals surface area (Å²) < 4.78 is 10.7. The van der Waals surface area contributed by atoms with E-state index in [2.05, 4.69) is 0 Å². The number of ether oxygens (including phenoxy) is 2. The van der Waals surface area contributed by atoms with Crippen molar-refractivity contribution in [1.29, 1.82) is 0 Å². The Bertz CT molecular complexity index is 824. The Morgan fingerprint density at radius 2 is 1.81 bits per heavy atom. The van der Waals surface area contributed by atoms with E-state index < -0.39 is 17.6 Å². The average Bonchev–Trinajstić information content (AvgIpc) is 2.86. The molecular formula is C21H23NO4. The van der Waals surface area contributed by atoms with Crippen LogP contribution in [0.15, 0.2) is 48.5 Å². The predicted octanol–water partition coefficient (Wildman–Crippen LogP) is 4.30. The van der Waals surface area contributed by atoms with Gasteiger partial charge in [-0.3, -0.25) is 4.79 Å². The molecule has 0 bridgehead atoms. The van der Waals surface area contributed by atoms with Gasteiger partial charge in [-0.05, 0) is 56.5 Å². The largest absolute Gasteiger partial charge is 0.497 e. The zero-order valence-electron chi connectivity index (χ0n) is 15.5. The molecule has 1 heterocycles. The lowest BCUT2D eigenvalue weighted by Crippen LogP contribution is -2.39. The summed E-state index contributed by atoms with van der Waals surface area (Å²) in [7, 11) is 1.58. The first kappa shape index (κ1) is 18.0. The van der Waals surface area contributed by atoms with Gasteiger partial charge in [0, 0.05) is 0 Å². The summed E-state index contributed by atoms with van der Waals surface area (Å²) in [5.74, 6) is -0.0676. The van der Waals surface area contributed by atoms with E-state index in [1.54, 1.807) is 40.0 Å². The number of hydrogen-bond donors (Lipinski definition) is 0. The molecule has 0 saturated heterocycles. The minimum absolute atomic E-state index is 0.272. The SMILES string of the molecule is COc1ccc2c(c1)C(Cc1ccccc1)C(=O)N2C(=O)OC(C)(C)C. The number of carbonyl (C=O) groups is 2. The van der Waals surface area contributed by atoms with Crippen LogP contribution in [-0.4, -0.2) is 24.7 Å². The standard InChI is InChI=1S/C21H23NO4/c1-21(2,3)26-20(24)22-18-11-10-15(25-4)13-16(18)17(19(22)23)12-14-8-6-5-7-9-14/h5-11,13,17H,12H2,1-4H3. The fraction of sp³-hybridized carbons (Fsp3) is 0.333. The molecule has 2 aromatic rings. The highest BCUT2D eigenvalue weighted by Gasteiger charge is 2.42. The highest BCUT2D eigenvalue weighted by atomic mass is 16.6. The zero-order chi connectivity index (χ0) is 18.9. The minimum atomic E-state index is -0.679. The molecule has 0 aromatic heterocycles. The summed E-state index contributed by atoms with van der Waals surface area (Å²) >= 11 is 0. The summed E-state index contributed by atoms with van der Waals surface area (Å²) in [4.78, 5) is 26.9. The third-order valence-corrected chi connectivity index (χ3v) is 4.23. The van der Waals surface area contributed by atoms with Gasteiger partial charge in [-0.1, -0.05) is 30.3 Å². The molecule has 0 aliphatic carbocycles. The maximum absolute atomic E-state index is 13.1. The van der Waals surface area contributed by atoms with Crippen molar-refractivity contribution in [2.75, 3.05) is 12.0 Å². The number of methoxy groups -OCH3 is 1. The van der Waals surface area contributed by atoms with Crippen molar-refractivity contribution in [3.8, 4) is 5.75 Å². The molecule has 2 amide bonds. The van der Waals surface area contributed by atoms with Gasteiger partial charge < -0.3 is 9.47 Å². The van der Waals surface area contributed by atoms with Crippen LogP contribution >= 0.6 is 0 Å². The normalized spacial score (nSPS) is 16.4. The van der Waals surface area contributed by atoms with Crippen LogP contribution in [0.4, 0.5) is 10.5 Å². The van der Waals surface area contributed by atoms with Gasteiger partial charge in [0.1, 0.15) is 11.4 Å².